The monoisotopic (exact) mass is 296 g/mol. The van der Waals surface area contributed by atoms with Crippen LogP contribution in [0.5, 0.6) is 0 Å². The summed E-state index contributed by atoms with van der Waals surface area (Å²) >= 11 is 0. The molecule has 9 heteroatoms. The van der Waals surface area contributed by atoms with Crippen molar-refractivity contribution in [1.29, 1.82) is 0 Å². The summed E-state index contributed by atoms with van der Waals surface area (Å²) < 4.78 is 39.0. The first-order chi connectivity index (χ1) is 8.08. The molecule has 112 valence electrons. The van der Waals surface area contributed by atoms with Gasteiger partial charge in [-0.1, -0.05) is 0 Å². The zero-order chi connectivity index (χ0) is 14.9. The third-order valence-electron chi connectivity index (χ3n) is 2.53. The lowest BCUT2D eigenvalue weighted by atomic mass is 10.3. The van der Waals surface area contributed by atoms with Gasteiger partial charge in [-0.25, -0.2) is 0 Å². The average molecular weight is 296 g/mol. The molecule has 3 N–H and O–H groups in total. The van der Waals surface area contributed by atoms with E-state index < -0.39 is 15.2 Å². The van der Waals surface area contributed by atoms with Crippen molar-refractivity contribution in [3.63, 3.8) is 0 Å². The molecule has 0 aliphatic carbocycles. The summed E-state index contributed by atoms with van der Waals surface area (Å²) in [6.45, 7) is 6.45. The summed E-state index contributed by atoms with van der Waals surface area (Å²) in [7, 11) is -6.88. The number of hydrogen-bond acceptors (Lipinski definition) is 3. The van der Waals surface area contributed by atoms with Gasteiger partial charge >= 0.3 is 7.25 Å². The van der Waals surface area contributed by atoms with E-state index in [4.69, 9.17) is 15.3 Å². The molecule has 3 nitrogen and oxygen atoms in total. The van der Waals surface area contributed by atoms with Crippen LogP contribution in [0.25, 0.3) is 0 Å². The van der Waals surface area contributed by atoms with Gasteiger partial charge in [0.1, 0.15) is 0 Å². The zero-order valence-corrected chi connectivity index (χ0v) is 11.8. The molecule has 0 saturated carbocycles. The molecule has 0 saturated heterocycles. The lowest BCUT2D eigenvalue weighted by Crippen LogP contribution is -2.24. The molecule has 0 fully saturated rings. The standard InChI is InChI=1S/C9H21O3P.BF4/c1-7(4-10)13(8(2)5-11)9(3)6-12;2-1(3,4)5/h7-12H,4-6H2,1-3H3;/q;-1/p+1/t7-,8-,9-;/m1./s1. The molecule has 18 heavy (non-hydrogen) atoms. The van der Waals surface area contributed by atoms with E-state index in [1.807, 2.05) is 20.8 Å². The molecule has 0 aromatic rings. The molecule has 0 amide bonds. The molecule has 0 radical (unpaired) electrons. The van der Waals surface area contributed by atoms with E-state index in [0.717, 1.165) is 0 Å². The highest BCUT2D eigenvalue weighted by Crippen LogP contribution is 2.50. The first kappa shape index (κ1) is 20.4. The van der Waals surface area contributed by atoms with Crippen molar-refractivity contribution in [2.45, 2.75) is 37.7 Å². The largest absolute Gasteiger partial charge is 0.673 e. The highest BCUT2D eigenvalue weighted by atomic mass is 31.1. The second-order valence-corrected chi connectivity index (χ2v) is 8.20. The molecule has 0 aliphatic heterocycles. The van der Waals surface area contributed by atoms with Crippen LogP contribution in [0.3, 0.4) is 0 Å². The Morgan fingerprint density at radius 1 is 0.778 bits per heavy atom. The highest BCUT2D eigenvalue weighted by Gasteiger charge is 2.34. The fourth-order valence-electron chi connectivity index (χ4n) is 1.77. The minimum atomic E-state index is -6.00. The summed E-state index contributed by atoms with van der Waals surface area (Å²) in [6, 6.07) is 0. The van der Waals surface area contributed by atoms with Gasteiger partial charge in [0.05, 0.1) is 36.8 Å². The van der Waals surface area contributed by atoms with Crippen LogP contribution >= 0.6 is 7.92 Å². The Kier molecular flexibility index (Phi) is 11.3. The second kappa shape index (κ2) is 9.95. The smallest absolute Gasteiger partial charge is 0.418 e. The summed E-state index contributed by atoms with van der Waals surface area (Å²) in [5.41, 5.74) is 0.692. The number of hydrogen-bond donors (Lipinski definition) is 3. The van der Waals surface area contributed by atoms with E-state index in [1.165, 1.54) is 0 Å². The van der Waals surface area contributed by atoms with Crippen LogP contribution in [0.1, 0.15) is 20.8 Å². The number of rotatable bonds is 6. The van der Waals surface area contributed by atoms with Gasteiger partial charge < -0.3 is 32.6 Å². The Labute approximate surface area is 106 Å². The predicted octanol–water partition coefficient (Wildman–Crippen LogP) is 1.64. The fraction of sp³-hybridized carbons (Fsp3) is 1.00. The number of halogens is 4. The molecule has 0 aromatic heterocycles. The van der Waals surface area contributed by atoms with E-state index in [9.17, 15) is 17.3 Å². The SMILES string of the molecule is C[C@H](CO)[PH+]([C@H](C)CO)[C@H](C)CO.F[B-](F)(F)F. The van der Waals surface area contributed by atoms with E-state index in [1.54, 1.807) is 0 Å². The van der Waals surface area contributed by atoms with Crippen LogP contribution in [-0.2, 0) is 0 Å². The zero-order valence-electron chi connectivity index (χ0n) is 10.8. The molecule has 3 atom stereocenters. The number of aliphatic hydroxyl groups excluding tert-OH is 3. The number of aliphatic hydroxyl groups is 3. The van der Waals surface area contributed by atoms with Crippen LogP contribution in [0.4, 0.5) is 17.3 Å². The van der Waals surface area contributed by atoms with Gasteiger partial charge in [-0.05, 0) is 20.8 Å². The molecule has 0 aromatic carbocycles. The highest BCUT2D eigenvalue weighted by molar-refractivity contribution is 7.59. The van der Waals surface area contributed by atoms with Gasteiger partial charge in [0.25, 0.3) is 0 Å². The second-order valence-electron chi connectivity index (χ2n) is 4.25. The normalized spacial score (nSPS) is 16.8. The van der Waals surface area contributed by atoms with Gasteiger partial charge in [0, 0.05) is 7.92 Å². The van der Waals surface area contributed by atoms with Crippen molar-refractivity contribution < 1.29 is 32.6 Å². The topological polar surface area (TPSA) is 60.7 Å². The third-order valence-corrected chi connectivity index (χ3v) is 6.49. The van der Waals surface area contributed by atoms with E-state index >= 15 is 0 Å². The van der Waals surface area contributed by atoms with Gasteiger partial charge in [-0.2, -0.15) is 0 Å². The van der Waals surface area contributed by atoms with Gasteiger partial charge in [0.2, 0.25) is 0 Å². The summed E-state index contributed by atoms with van der Waals surface area (Å²) in [4.78, 5) is 0. The van der Waals surface area contributed by atoms with E-state index in [2.05, 4.69) is 0 Å². The van der Waals surface area contributed by atoms with E-state index in [-0.39, 0.29) is 36.8 Å². The maximum Gasteiger partial charge on any atom is 0.673 e. The molecule has 0 heterocycles. The first-order valence-electron chi connectivity index (χ1n) is 5.64. The van der Waals surface area contributed by atoms with Crippen LogP contribution in [0, 0.1) is 0 Å². The van der Waals surface area contributed by atoms with Crippen molar-refractivity contribution >= 4 is 15.2 Å². The summed E-state index contributed by atoms with van der Waals surface area (Å²) in [5, 5.41) is 27.2. The minimum absolute atomic E-state index is 0.156. The van der Waals surface area contributed by atoms with Crippen LogP contribution in [0.2, 0.25) is 0 Å². The molecule has 0 aliphatic rings. The van der Waals surface area contributed by atoms with Gasteiger partial charge in [0.15, 0.2) is 0 Å². The maximum absolute atomic E-state index is 9.75. The Hall–Kier alpha value is 0.0949. The molecule has 0 bridgehead atoms. The van der Waals surface area contributed by atoms with Crippen molar-refractivity contribution in [2.24, 2.45) is 0 Å². The lowest BCUT2D eigenvalue weighted by Gasteiger charge is -2.25. The molecule has 0 spiro atoms. The van der Waals surface area contributed by atoms with Crippen molar-refractivity contribution in [1.82, 2.24) is 0 Å². The van der Waals surface area contributed by atoms with E-state index in [0.29, 0.717) is 0 Å². The van der Waals surface area contributed by atoms with Gasteiger partial charge in [-0.15, -0.1) is 0 Å². The molecular formula is C9H22BF4O3P. The van der Waals surface area contributed by atoms with Crippen LogP contribution in [-0.4, -0.2) is 59.4 Å². The maximum atomic E-state index is 9.75. The van der Waals surface area contributed by atoms with Crippen molar-refractivity contribution in [3.8, 4) is 0 Å². The Morgan fingerprint density at radius 2 is 0.944 bits per heavy atom. The molecule has 0 rings (SSSR count). The average Bonchev–Trinajstić information content (AvgIpc) is 2.26. The third kappa shape index (κ3) is 11.2. The lowest BCUT2D eigenvalue weighted by molar-refractivity contribution is 0.279. The molecular weight excluding hydrogens is 274 g/mol. The minimum Gasteiger partial charge on any atom is -0.418 e. The predicted molar refractivity (Wildman–Crippen MR) is 68.1 cm³/mol. The van der Waals surface area contributed by atoms with Crippen molar-refractivity contribution in [2.75, 3.05) is 19.8 Å². The fourth-order valence-corrected chi connectivity index (χ4v) is 5.32. The quantitative estimate of drug-likeness (QED) is 0.397. The van der Waals surface area contributed by atoms with Crippen molar-refractivity contribution in [3.05, 3.63) is 0 Å². The van der Waals surface area contributed by atoms with Gasteiger partial charge in [-0.3, -0.25) is 0 Å². The Morgan fingerprint density at radius 3 is 1.06 bits per heavy atom. The van der Waals surface area contributed by atoms with Crippen LogP contribution in [0.15, 0.2) is 0 Å². The molecule has 0 unspecified atom stereocenters. The summed E-state index contributed by atoms with van der Waals surface area (Å²) in [5.74, 6) is 0. The Balaban J connectivity index is 0. The van der Waals surface area contributed by atoms with Crippen LogP contribution < -0.4 is 0 Å². The first-order valence-corrected chi connectivity index (χ1v) is 7.38. The summed E-state index contributed by atoms with van der Waals surface area (Å²) in [6.07, 6.45) is 0. The Bertz CT molecular complexity index is 179.